The second kappa shape index (κ2) is 7.09. The summed E-state index contributed by atoms with van der Waals surface area (Å²) in [4.78, 5) is 27.3. The zero-order chi connectivity index (χ0) is 18.7. The minimum Gasteiger partial charge on any atom is -0.481 e. The molecule has 0 amide bonds. The Kier molecular flexibility index (Phi) is 4.70. The van der Waals surface area contributed by atoms with E-state index in [1.54, 1.807) is 29.8 Å². The van der Waals surface area contributed by atoms with Gasteiger partial charge in [0, 0.05) is 24.5 Å². The van der Waals surface area contributed by atoms with Gasteiger partial charge in [-0.3, -0.25) is 0 Å². The number of carbonyl (C=O) groups is 2. The fourth-order valence-corrected chi connectivity index (χ4v) is 2.33. The van der Waals surface area contributed by atoms with Crippen LogP contribution in [0.4, 0.5) is 0 Å². The van der Waals surface area contributed by atoms with Crippen molar-refractivity contribution in [3.8, 4) is 17.4 Å². The minimum absolute atomic E-state index is 0.100. The molecule has 0 aliphatic heterocycles. The Bertz CT molecular complexity index is 942. The zero-order valence-electron chi connectivity index (χ0n) is 14.1. The lowest BCUT2D eigenvalue weighted by molar-refractivity contribution is 0.0518. The average Bonchev–Trinajstić information content (AvgIpc) is 3.29. The van der Waals surface area contributed by atoms with Gasteiger partial charge in [-0.1, -0.05) is 0 Å². The van der Waals surface area contributed by atoms with E-state index in [0.29, 0.717) is 17.4 Å². The number of aromatic carboxylic acids is 1. The molecule has 0 spiro atoms. The number of hydrogen-bond acceptors (Lipinski definition) is 6. The van der Waals surface area contributed by atoms with E-state index in [4.69, 9.17) is 14.6 Å². The molecule has 9 nitrogen and oxygen atoms in total. The molecule has 26 heavy (non-hydrogen) atoms. The summed E-state index contributed by atoms with van der Waals surface area (Å²) in [6.45, 7) is 1.92. The average molecular weight is 356 g/mol. The highest BCUT2D eigenvalue weighted by Gasteiger charge is 2.18. The summed E-state index contributed by atoms with van der Waals surface area (Å²) in [5, 5.41) is 13.4. The van der Waals surface area contributed by atoms with E-state index < -0.39 is 11.9 Å². The quantitative estimate of drug-likeness (QED) is 0.672. The maximum absolute atomic E-state index is 12.0. The van der Waals surface area contributed by atoms with Crippen molar-refractivity contribution in [1.82, 2.24) is 19.3 Å². The number of methoxy groups -OCH3 is 1. The van der Waals surface area contributed by atoms with E-state index in [-0.39, 0.29) is 17.9 Å². The van der Waals surface area contributed by atoms with Crippen LogP contribution in [-0.4, -0.2) is 50.1 Å². The number of pyridine rings is 1. The first-order chi connectivity index (χ1) is 12.5. The molecule has 0 bridgehead atoms. The molecule has 0 aliphatic rings. The van der Waals surface area contributed by atoms with Crippen LogP contribution in [0.2, 0.25) is 0 Å². The SMILES string of the molecule is CCOC(=O)c1cc(-n2ccc(C(=O)O)c2)n(-c2ccc(OC)nc2)n1. The highest BCUT2D eigenvalue weighted by atomic mass is 16.5. The number of esters is 1. The van der Waals surface area contributed by atoms with Gasteiger partial charge in [-0.05, 0) is 19.1 Å². The van der Waals surface area contributed by atoms with Gasteiger partial charge in [0.15, 0.2) is 5.69 Å². The molecule has 0 atom stereocenters. The van der Waals surface area contributed by atoms with Crippen molar-refractivity contribution >= 4 is 11.9 Å². The van der Waals surface area contributed by atoms with Crippen molar-refractivity contribution in [2.24, 2.45) is 0 Å². The van der Waals surface area contributed by atoms with Crippen LogP contribution < -0.4 is 4.74 Å². The van der Waals surface area contributed by atoms with E-state index in [1.807, 2.05) is 0 Å². The van der Waals surface area contributed by atoms with E-state index >= 15 is 0 Å². The first-order valence-electron chi connectivity index (χ1n) is 7.72. The molecule has 1 N–H and O–H groups in total. The molecule has 0 aliphatic carbocycles. The van der Waals surface area contributed by atoms with Gasteiger partial charge in [-0.15, -0.1) is 0 Å². The molecule has 0 fully saturated rings. The van der Waals surface area contributed by atoms with Crippen LogP contribution in [0.3, 0.4) is 0 Å². The summed E-state index contributed by atoms with van der Waals surface area (Å²) in [6.07, 6.45) is 4.54. The van der Waals surface area contributed by atoms with E-state index in [9.17, 15) is 9.59 Å². The first kappa shape index (κ1) is 17.2. The number of nitrogens with zero attached hydrogens (tertiary/aromatic N) is 4. The third-order valence-corrected chi connectivity index (χ3v) is 3.55. The molecule has 3 aromatic heterocycles. The maximum atomic E-state index is 12.0. The molecule has 0 saturated heterocycles. The Morgan fingerprint density at radius 3 is 2.65 bits per heavy atom. The van der Waals surface area contributed by atoms with Crippen LogP contribution in [0, 0.1) is 0 Å². The molecule has 9 heteroatoms. The minimum atomic E-state index is -1.05. The Morgan fingerprint density at radius 2 is 2.08 bits per heavy atom. The second-order valence-corrected chi connectivity index (χ2v) is 5.19. The molecule has 0 radical (unpaired) electrons. The standard InChI is InChI=1S/C17H16N4O5/c1-3-26-17(24)13-8-15(20-7-6-11(10-20)16(22)23)21(19-13)12-4-5-14(25-2)18-9-12/h4-10H,3H2,1-2H3,(H,22,23). The number of hydrogen-bond donors (Lipinski definition) is 1. The van der Waals surface area contributed by atoms with Crippen LogP contribution in [0.1, 0.15) is 27.8 Å². The highest BCUT2D eigenvalue weighted by Crippen LogP contribution is 2.19. The summed E-state index contributed by atoms with van der Waals surface area (Å²) in [5.74, 6) is -0.721. The monoisotopic (exact) mass is 356 g/mol. The molecular formula is C17H16N4O5. The fraction of sp³-hybridized carbons (Fsp3) is 0.176. The largest absolute Gasteiger partial charge is 0.481 e. The lowest BCUT2D eigenvalue weighted by Crippen LogP contribution is -2.08. The van der Waals surface area contributed by atoms with Crippen molar-refractivity contribution < 1.29 is 24.2 Å². The Labute approximate surface area is 148 Å². The van der Waals surface area contributed by atoms with Gasteiger partial charge in [-0.2, -0.15) is 5.10 Å². The summed E-state index contributed by atoms with van der Waals surface area (Å²) in [5.41, 5.74) is 0.786. The van der Waals surface area contributed by atoms with Crippen LogP contribution in [0.15, 0.2) is 42.9 Å². The molecule has 0 unspecified atom stereocenters. The van der Waals surface area contributed by atoms with Gasteiger partial charge in [0.25, 0.3) is 0 Å². The fourth-order valence-electron chi connectivity index (χ4n) is 2.33. The van der Waals surface area contributed by atoms with Gasteiger partial charge in [0.2, 0.25) is 5.88 Å². The number of aromatic nitrogens is 4. The van der Waals surface area contributed by atoms with Crippen molar-refractivity contribution in [2.45, 2.75) is 6.92 Å². The Balaban J connectivity index is 2.10. The van der Waals surface area contributed by atoms with Crippen LogP contribution in [0.25, 0.3) is 11.5 Å². The first-order valence-corrected chi connectivity index (χ1v) is 7.72. The van der Waals surface area contributed by atoms with Crippen LogP contribution in [-0.2, 0) is 4.74 Å². The summed E-state index contributed by atoms with van der Waals surface area (Å²) in [6, 6.07) is 6.35. The number of carboxylic acid groups (broad SMARTS) is 1. The molecular weight excluding hydrogens is 340 g/mol. The zero-order valence-corrected chi connectivity index (χ0v) is 14.1. The number of rotatable bonds is 6. The number of carboxylic acids is 1. The molecule has 3 aromatic rings. The predicted octanol–water partition coefficient (Wildman–Crippen LogP) is 1.94. The summed E-state index contributed by atoms with van der Waals surface area (Å²) < 4.78 is 13.1. The molecule has 0 aromatic carbocycles. The Morgan fingerprint density at radius 1 is 1.27 bits per heavy atom. The van der Waals surface area contributed by atoms with Gasteiger partial charge < -0.3 is 19.1 Å². The van der Waals surface area contributed by atoms with Crippen LogP contribution >= 0.6 is 0 Å². The molecule has 0 saturated carbocycles. The van der Waals surface area contributed by atoms with Crippen molar-refractivity contribution in [2.75, 3.05) is 13.7 Å². The Hall–Kier alpha value is -3.62. The topological polar surface area (TPSA) is 108 Å². The molecule has 3 heterocycles. The maximum Gasteiger partial charge on any atom is 0.358 e. The van der Waals surface area contributed by atoms with Gasteiger partial charge >= 0.3 is 11.9 Å². The predicted molar refractivity (Wildman–Crippen MR) is 90.2 cm³/mol. The third-order valence-electron chi connectivity index (χ3n) is 3.55. The normalized spacial score (nSPS) is 10.5. The molecule has 134 valence electrons. The van der Waals surface area contributed by atoms with Crippen molar-refractivity contribution in [3.63, 3.8) is 0 Å². The van der Waals surface area contributed by atoms with E-state index in [0.717, 1.165) is 0 Å². The number of carbonyl (C=O) groups excluding carboxylic acids is 1. The third kappa shape index (κ3) is 3.27. The van der Waals surface area contributed by atoms with Gasteiger partial charge in [-0.25, -0.2) is 19.3 Å². The highest BCUT2D eigenvalue weighted by molar-refractivity contribution is 5.88. The van der Waals surface area contributed by atoms with Gasteiger partial charge in [0.05, 0.1) is 31.2 Å². The smallest absolute Gasteiger partial charge is 0.358 e. The van der Waals surface area contributed by atoms with Crippen LogP contribution in [0.5, 0.6) is 5.88 Å². The lowest BCUT2D eigenvalue weighted by atomic mass is 10.3. The van der Waals surface area contributed by atoms with Gasteiger partial charge in [0.1, 0.15) is 5.82 Å². The summed E-state index contributed by atoms with van der Waals surface area (Å²) >= 11 is 0. The van der Waals surface area contributed by atoms with Crippen molar-refractivity contribution in [1.29, 1.82) is 0 Å². The van der Waals surface area contributed by atoms with E-state index in [1.165, 1.54) is 36.3 Å². The second-order valence-electron chi connectivity index (χ2n) is 5.19. The van der Waals surface area contributed by atoms with Crippen molar-refractivity contribution in [3.05, 3.63) is 54.1 Å². The number of ether oxygens (including phenoxy) is 2. The van der Waals surface area contributed by atoms with E-state index in [2.05, 4.69) is 10.1 Å². The summed E-state index contributed by atoms with van der Waals surface area (Å²) in [7, 11) is 1.51. The molecule has 3 rings (SSSR count). The lowest BCUT2D eigenvalue weighted by Gasteiger charge is -2.08.